The van der Waals surface area contributed by atoms with Gasteiger partial charge in [0, 0.05) is 36.6 Å². The molecule has 0 bridgehead atoms. The molecule has 1 aliphatic rings. The first-order valence-electron chi connectivity index (χ1n) is 16.3. The Morgan fingerprint density at radius 1 is 0.837 bits per heavy atom. The van der Waals surface area contributed by atoms with Gasteiger partial charge in [-0.05, 0) is 64.2 Å². The zero-order chi connectivity index (χ0) is 33.9. The number of rotatable bonds is 14. The van der Waals surface area contributed by atoms with Gasteiger partial charge in [0.05, 0.1) is 6.61 Å². The molecule has 49 heavy (non-hydrogen) atoms. The third kappa shape index (κ3) is 8.45. The van der Waals surface area contributed by atoms with Crippen LogP contribution in [0, 0.1) is 0 Å². The number of benzene rings is 5. The van der Waals surface area contributed by atoms with Gasteiger partial charge in [-0.1, -0.05) is 121 Å². The van der Waals surface area contributed by atoms with E-state index in [0.29, 0.717) is 36.2 Å². The van der Waals surface area contributed by atoms with Crippen molar-refractivity contribution < 1.29 is 19.4 Å². The summed E-state index contributed by atoms with van der Waals surface area (Å²) in [4.78, 5) is 19.5. The average molecular weight is 672 g/mol. The molecule has 0 aliphatic carbocycles. The highest BCUT2D eigenvalue weighted by Crippen LogP contribution is 2.43. The minimum absolute atomic E-state index is 0.0634. The Labute approximate surface area is 291 Å². The minimum Gasteiger partial charge on any atom is -0.494 e. The fourth-order valence-electron chi connectivity index (χ4n) is 5.67. The van der Waals surface area contributed by atoms with Crippen LogP contribution in [0.3, 0.4) is 0 Å². The van der Waals surface area contributed by atoms with Crippen molar-refractivity contribution in [2.24, 2.45) is 4.99 Å². The van der Waals surface area contributed by atoms with Crippen molar-refractivity contribution in [1.29, 1.82) is 0 Å². The lowest BCUT2D eigenvalue weighted by atomic mass is 9.84. The van der Waals surface area contributed by atoms with E-state index in [1.54, 1.807) is 0 Å². The van der Waals surface area contributed by atoms with Gasteiger partial charge in [-0.3, -0.25) is 10.2 Å². The molecule has 2 atom stereocenters. The van der Waals surface area contributed by atoms with Crippen LogP contribution in [-0.2, 0) is 16.1 Å². The number of amides is 1. The molecule has 1 heterocycles. The van der Waals surface area contributed by atoms with Crippen LogP contribution in [-0.4, -0.2) is 35.7 Å². The van der Waals surface area contributed by atoms with Crippen molar-refractivity contribution in [2.45, 2.75) is 31.0 Å². The van der Waals surface area contributed by atoms with Crippen LogP contribution in [0.2, 0.25) is 5.02 Å². The fraction of sp³-hybridized carbons (Fsp3) is 0.171. The number of ether oxygens (including phenoxy) is 2. The SMILES string of the molecule is O=C(NNCc1ccc(Cl)cc1)[C@@]1(C/C=C/c2ccccc2)N=C(c2ccc(OCCCO)cc2)O[C@H]1c1ccc(-c2ccccc2)cc1. The summed E-state index contributed by atoms with van der Waals surface area (Å²) in [6.07, 6.45) is 4.06. The first-order chi connectivity index (χ1) is 24.0. The van der Waals surface area contributed by atoms with Gasteiger partial charge in [-0.15, -0.1) is 0 Å². The maximum absolute atomic E-state index is 14.4. The number of carbonyl (C=O) groups is 1. The van der Waals surface area contributed by atoms with Crippen molar-refractivity contribution >= 4 is 29.5 Å². The van der Waals surface area contributed by atoms with Gasteiger partial charge in [0.2, 0.25) is 5.90 Å². The van der Waals surface area contributed by atoms with Crippen LogP contribution in [0.4, 0.5) is 0 Å². The van der Waals surface area contributed by atoms with Crippen LogP contribution < -0.4 is 15.6 Å². The van der Waals surface area contributed by atoms with E-state index < -0.39 is 11.6 Å². The second-order valence-electron chi connectivity index (χ2n) is 11.7. The predicted octanol–water partition coefficient (Wildman–Crippen LogP) is 7.95. The number of aliphatic imine (C=N–C) groups is 1. The van der Waals surface area contributed by atoms with E-state index in [4.69, 9.17) is 31.2 Å². The molecule has 0 saturated carbocycles. The average Bonchev–Trinajstić information content (AvgIpc) is 3.54. The first-order valence-corrected chi connectivity index (χ1v) is 16.7. The van der Waals surface area contributed by atoms with E-state index in [2.05, 4.69) is 23.0 Å². The number of nitrogens with one attached hydrogen (secondary N) is 2. The smallest absolute Gasteiger partial charge is 0.266 e. The van der Waals surface area contributed by atoms with Crippen LogP contribution in [0.15, 0.2) is 145 Å². The molecular formula is C41H38ClN3O4. The van der Waals surface area contributed by atoms with Crippen LogP contribution in [0.5, 0.6) is 5.75 Å². The molecule has 0 radical (unpaired) electrons. The summed E-state index contributed by atoms with van der Waals surface area (Å²) in [5.41, 5.74) is 10.4. The number of hydrazine groups is 1. The summed E-state index contributed by atoms with van der Waals surface area (Å²) in [5.74, 6) is 0.709. The van der Waals surface area contributed by atoms with Crippen molar-refractivity contribution in [3.05, 3.63) is 167 Å². The van der Waals surface area contributed by atoms with E-state index >= 15 is 0 Å². The van der Waals surface area contributed by atoms with Gasteiger partial charge in [0.25, 0.3) is 5.91 Å². The summed E-state index contributed by atoms with van der Waals surface area (Å²) >= 11 is 6.07. The van der Waals surface area contributed by atoms with E-state index in [9.17, 15) is 4.79 Å². The Bertz CT molecular complexity index is 1860. The summed E-state index contributed by atoms with van der Waals surface area (Å²) in [5, 5.41) is 9.75. The molecule has 6 rings (SSSR count). The summed E-state index contributed by atoms with van der Waals surface area (Å²) in [7, 11) is 0. The van der Waals surface area contributed by atoms with E-state index in [1.807, 2.05) is 133 Å². The van der Waals surface area contributed by atoms with Gasteiger partial charge in [0.15, 0.2) is 11.6 Å². The third-order valence-electron chi connectivity index (χ3n) is 8.30. The minimum atomic E-state index is -1.35. The summed E-state index contributed by atoms with van der Waals surface area (Å²) in [6.45, 7) is 0.868. The largest absolute Gasteiger partial charge is 0.494 e. The van der Waals surface area contributed by atoms with E-state index in [-0.39, 0.29) is 18.9 Å². The lowest BCUT2D eigenvalue weighted by molar-refractivity contribution is -0.129. The van der Waals surface area contributed by atoms with Crippen LogP contribution in [0.1, 0.15) is 41.2 Å². The van der Waals surface area contributed by atoms with Gasteiger partial charge in [-0.25, -0.2) is 10.4 Å². The molecule has 248 valence electrons. The number of hydrogen-bond acceptors (Lipinski definition) is 6. The number of nitrogens with zero attached hydrogens (tertiary/aromatic N) is 1. The van der Waals surface area contributed by atoms with E-state index in [1.165, 1.54) is 0 Å². The highest BCUT2D eigenvalue weighted by Gasteiger charge is 2.52. The Morgan fingerprint density at radius 3 is 2.18 bits per heavy atom. The Hall–Kier alpha value is -5.21. The molecule has 5 aromatic rings. The molecular weight excluding hydrogens is 634 g/mol. The lowest BCUT2D eigenvalue weighted by Gasteiger charge is -2.30. The standard InChI is InChI=1S/C41H38ClN3O4/c42-36-22-14-31(15-23-36)29-43-45-40(47)41(26-7-11-30-9-3-1-4-10-30)38(34-18-16-33(17-19-34)32-12-5-2-6-13-32)49-39(44-41)35-20-24-37(25-21-35)48-28-8-27-46/h1-7,9-25,38,43,46H,8,26-29H2,(H,45,47)/b11-7+/t38-,41-/m0/s1. The van der Waals surface area contributed by atoms with Crippen molar-refractivity contribution in [2.75, 3.05) is 13.2 Å². The molecule has 1 amide bonds. The molecule has 3 N–H and O–H groups in total. The van der Waals surface area contributed by atoms with Gasteiger partial charge >= 0.3 is 0 Å². The molecule has 0 spiro atoms. The Balaban J connectivity index is 1.35. The molecule has 8 heteroatoms. The lowest BCUT2D eigenvalue weighted by Crippen LogP contribution is -2.52. The number of carbonyl (C=O) groups excluding carboxylic acids is 1. The van der Waals surface area contributed by atoms with Gasteiger partial charge in [-0.2, -0.15) is 0 Å². The van der Waals surface area contributed by atoms with E-state index in [0.717, 1.165) is 33.4 Å². The number of hydrogen-bond donors (Lipinski definition) is 3. The molecule has 7 nitrogen and oxygen atoms in total. The third-order valence-corrected chi connectivity index (χ3v) is 8.55. The molecule has 0 unspecified atom stereocenters. The second-order valence-corrected chi connectivity index (χ2v) is 12.2. The molecule has 5 aromatic carbocycles. The molecule has 0 fully saturated rings. The zero-order valence-corrected chi connectivity index (χ0v) is 27.7. The number of halogens is 1. The second kappa shape index (κ2) is 16.3. The Morgan fingerprint density at radius 2 is 1.49 bits per heavy atom. The predicted molar refractivity (Wildman–Crippen MR) is 195 cm³/mol. The number of aliphatic hydroxyl groups is 1. The first kappa shape index (κ1) is 33.7. The molecule has 0 saturated heterocycles. The van der Waals surface area contributed by atoms with Crippen LogP contribution in [0.25, 0.3) is 17.2 Å². The summed E-state index contributed by atoms with van der Waals surface area (Å²) < 4.78 is 12.4. The molecule has 0 aromatic heterocycles. The highest BCUT2D eigenvalue weighted by atomic mass is 35.5. The van der Waals surface area contributed by atoms with Crippen LogP contribution >= 0.6 is 11.6 Å². The maximum Gasteiger partial charge on any atom is 0.266 e. The summed E-state index contributed by atoms with van der Waals surface area (Å²) in [6, 6.07) is 43.1. The van der Waals surface area contributed by atoms with Gasteiger partial charge in [0.1, 0.15) is 5.75 Å². The van der Waals surface area contributed by atoms with Gasteiger partial charge < -0.3 is 14.6 Å². The fourth-order valence-corrected chi connectivity index (χ4v) is 5.80. The highest BCUT2D eigenvalue weighted by molar-refractivity contribution is 6.30. The zero-order valence-electron chi connectivity index (χ0n) is 27.0. The van der Waals surface area contributed by atoms with Crippen molar-refractivity contribution in [1.82, 2.24) is 10.9 Å². The van der Waals surface area contributed by atoms with Crippen molar-refractivity contribution in [3.8, 4) is 16.9 Å². The normalized spacial score (nSPS) is 17.0. The number of aliphatic hydroxyl groups excluding tert-OH is 1. The molecule has 1 aliphatic heterocycles. The topological polar surface area (TPSA) is 92.2 Å². The maximum atomic E-state index is 14.4. The monoisotopic (exact) mass is 671 g/mol. The van der Waals surface area contributed by atoms with Crippen molar-refractivity contribution in [3.63, 3.8) is 0 Å². The quantitative estimate of drug-likeness (QED) is 0.0823. The Kier molecular flexibility index (Phi) is 11.2.